The molecule has 12 heteroatoms. The Morgan fingerprint density at radius 3 is 2.46 bits per heavy atom. The molecular weight excluding hydrogens is 352 g/mol. The van der Waals surface area contributed by atoms with Crippen molar-refractivity contribution in [1.82, 2.24) is 5.32 Å². The first kappa shape index (κ1) is 22.5. The average molecular weight is 378 g/mol. The maximum atomic E-state index is 11.3. The predicted molar refractivity (Wildman–Crippen MR) is 87.0 cm³/mol. The lowest BCUT2D eigenvalue weighted by Gasteiger charge is -2.42. The molecule has 1 fully saturated rings. The van der Waals surface area contributed by atoms with E-state index in [0.717, 1.165) is 0 Å². The quantitative estimate of drug-likeness (QED) is 0.134. The van der Waals surface area contributed by atoms with Crippen LogP contribution in [-0.2, 0) is 23.7 Å². The Kier molecular flexibility index (Phi) is 11.1. The van der Waals surface area contributed by atoms with Gasteiger partial charge in [0, 0.05) is 18.4 Å². The van der Waals surface area contributed by atoms with E-state index in [1.54, 1.807) is 0 Å². The number of aliphatic hydroxyl groups is 3. The Morgan fingerprint density at radius 1 is 1.19 bits per heavy atom. The number of nitrogens with zero attached hydrogens (tertiary/aromatic N) is 3. The van der Waals surface area contributed by atoms with Crippen LogP contribution in [0.1, 0.15) is 6.92 Å². The minimum absolute atomic E-state index is 0.0977. The summed E-state index contributed by atoms with van der Waals surface area (Å²) in [4.78, 5) is 13.9. The van der Waals surface area contributed by atoms with Gasteiger partial charge < -0.3 is 39.6 Å². The molecule has 1 saturated heterocycles. The molecule has 1 aliphatic heterocycles. The smallest absolute Gasteiger partial charge is 0.217 e. The van der Waals surface area contributed by atoms with Gasteiger partial charge in [0.05, 0.1) is 39.6 Å². The number of hydrogen-bond donors (Lipinski definition) is 4. The number of amides is 1. The second-order valence-corrected chi connectivity index (χ2v) is 5.48. The van der Waals surface area contributed by atoms with E-state index in [-0.39, 0.29) is 19.8 Å². The van der Waals surface area contributed by atoms with Crippen LogP contribution in [0.3, 0.4) is 0 Å². The van der Waals surface area contributed by atoms with Gasteiger partial charge in [0.2, 0.25) is 5.91 Å². The highest BCUT2D eigenvalue weighted by molar-refractivity contribution is 5.73. The normalized spacial score (nSPS) is 28.4. The largest absolute Gasteiger partial charge is 0.394 e. The second kappa shape index (κ2) is 12.8. The zero-order chi connectivity index (χ0) is 19.4. The van der Waals surface area contributed by atoms with Crippen LogP contribution in [-0.4, -0.2) is 98.1 Å². The van der Waals surface area contributed by atoms with Gasteiger partial charge in [-0.15, -0.1) is 0 Å². The highest BCUT2D eigenvalue weighted by Gasteiger charge is 2.45. The molecule has 0 aromatic carbocycles. The summed E-state index contributed by atoms with van der Waals surface area (Å²) in [7, 11) is 0. The minimum Gasteiger partial charge on any atom is -0.394 e. The molecule has 1 heterocycles. The van der Waals surface area contributed by atoms with Crippen molar-refractivity contribution in [2.24, 2.45) is 5.11 Å². The van der Waals surface area contributed by atoms with Crippen molar-refractivity contribution in [3.63, 3.8) is 0 Å². The summed E-state index contributed by atoms with van der Waals surface area (Å²) in [6, 6.07) is -0.977. The highest BCUT2D eigenvalue weighted by Crippen LogP contribution is 2.22. The Morgan fingerprint density at radius 2 is 1.85 bits per heavy atom. The molecule has 1 unspecified atom stereocenters. The maximum Gasteiger partial charge on any atom is 0.217 e. The fourth-order valence-electron chi connectivity index (χ4n) is 2.31. The van der Waals surface area contributed by atoms with E-state index in [1.165, 1.54) is 6.92 Å². The molecule has 26 heavy (non-hydrogen) atoms. The van der Waals surface area contributed by atoms with Crippen LogP contribution < -0.4 is 5.32 Å². The second-order valence-electron chi connectivity index (χ2n) is 5.48. The first-order valence-electron chi connectivity index (χ1n) is 8.18. The lowest BCUT2D eigenvalue weighted by Crippen LogP contribution is -2.64. The fraction of sp³-hybridized carbons (Fsp3) is 0.929. The van der Waals surface area contributed by atoms with Gasteiger partial charge in [0.25, 0.3) is 0 Å². The molecule has 0 radical (unpaired) electrons. The first-order chi connectivity index (χ1) is 12.5. The van der Waals surface area contributed by atoms with Crippen molar-refractivity contribution in [2.45, 2.75) is 37.6 Å². The lowest BCUT2D eigenvalue weighted by atomic mass is 9.97. The molecule has 0 aromatic rings. The molecule has 1 amide bonds. The van der Waals surface area contributed by atoms with E-state index >= 15 is 0 Å². The molecule has 5 atom stereocenters. The summed E-state index contributed by atoms with van der Waals surface area (Å²) in [5.41, 5.74) is 8.09. The molecule has 150 valence electrons. The Balaban J connectivity index is 2.30. The van der Waals surface area contributed by atoms with E-state index in [0.29, 0.717) is 19.8 Å². The van der Waals surface area contributed by atoms with Crippen LogP contribution in [0, 0.1) is 0 Å². The summed E-state index contributed by atoms with van der Waals surface area (Å²) in [6.07, 6.45) is -4.76. The van der Waals surface area contributed by atoms with Crippen molar-refractivity contribution in [1.29, 1.82) is 0 Å². The molecule has 0 spiro atoms. The van der Waals surface area contributed by atoms with Crippen LogP contribution in [0.2, 0.25) is 0 Å². The van der Waals surface area contributed by atoms with Crippen molar-refractivity contribution >= 4 is 5.91 Å². The summed E-state index contributed by atoms with van der Waals surface area (Å²) < 4.78 is 21.3. The topological polar surface area (TPSA) is 175 Å². The van der Waals surface area contributed by atoms with E-state index in [1.807, 2.05) is 0 Å². The zero-order valence-corrected chi connectivity index (χ0v) is 14.6. The molecule has 1 aliphatic rings. The molecule has 4 N–H and O–H groups in total. The molecule has 1 rings (SSSR count). The SMILES string of the molecule is CC(=O)N[C@@H]1C(O)[C@H](O)[C@@H](CO)O[C@H]1OCCOCCOCCN=[N+]=[N-]. The molecule has 12 nitrogen and oxygen atoms in total. The van der Waals surface area contributed by atoms with Gasteiger partial charge in [-0.1, -0.05) is 5.11 Å². The summed E-state index contributed by atoms with van der Waals surface area (Å²) in [5.74, 6) is -0.421. The van der Waals surface area contributed by atoms with E-state index < -0.39 is 43.2 Å². The van der Waals surface area contributed by atoms with Crippen molar-refractivity contribution in [3.8, 4) is 0 Å². The first-order valence-corrected chi connectivity index (χ1v) is 8.18. The van der Waals surface area contributed by atoms with Crippen molar-refractivity contribution < 1.29 is 39.1 Å². The van der Waals surface area contributed by atoms with Gasteiger partial charge in [0.15, 0.2) is 6.29 Å². The van der Waals surface area contributed by atoms with Crippen molar-refractivity contribution in [2.75, 3.05) is 46.2 Å². The van der Waals surface area contributed by atoms with Crippen LogP contribution in [0.5, 0.6) is 0 Å². The molecule has 0 aliphatic carbocycles. The van der Waals surface area contributed by atoms with Gasteiger partial charge in [0.1, 0.15) is 24.4 Å². The number of carbonyl (C=O) groups is 1. The van der Waals surface area contributed by atoms with Crippen LogP contribution >= 0.6 is 0 Å². The van der Waals surface area contributed by atoms with Gasteiger partial charge in [-0.05, 0) is 5.53 Å². The van der Waals surface area contributed by atoms with Crippen molar-refractivity contribution in [3.05, 3.63) is 10.4 Å². The summed E-state index contributed by atoms with van der Waals surface area (Å²) in [6.45, 7) is 2.25. The third kappa shape index (κ3) is 7.81. The van der Waals surface area contributed by atoms with Crippen LogP contribution in [0.25, 0.3) is 10.4 Å². The third-order valence-electron chi connectivity index (χ3n) is 3.53. The van der Waals surface area contributed by atoms with E-state index in [4.69, 9.17) is 24.5 Å². The Bertz CT molecular complexity index is 462. The van der Waals surface area contributed by atoms with Gasteiger partial charge >= 0.3 is 0 Å². The average Bonchev–Trinajstić information content (AvgIpc) is 2.62. The number of nitrogens with one attached hydrogen (secondary N) is 1. The van der Waals surface area contributed by atoms with Gasteiger partial charge in [-0.3, -0.25) is 4.79 Å². The number of rotatable bonds is 12. The fourth-order valence-corrected chi connectivity index (χ4v) is 2.31. The van der Waals surface area contributed by atoms with E-state index in [9.17, 15) is 20.1 Å². The number of aliphatic hydroxyl groups excluding tert-OH is 3. The molecule has 0 aromatic heterocycles. The number of carbonyl (C=O) groups excluding carboxylic acids is 1. The highest BCUT2D eigenvalue weighted by atomic mass is 16.7. The number of hydrogen-bond acceptors (Lipinski definition) is 9. The summed E-state index contributed by atoms with van der Waals surface area (Å²) in [5, 5.41) is 35.0. The molecule has 0 saturated carbocycles. The lowest BCUT2D eigenvalue weighted by molar-refractivity contribution is -0.272. The van der Waals surface area contributed by atoms with Crippen LogP contribution in [0.15, 0.2) is 5.11 Å². The molecular formula is C14H26N4O8. The Hall–Kier alpha value is -1.50. The third-order valence-corrected chi connectivity index (χ3v) is 3.53. The number of azide groups is 1. The molecule has 0 bridgehead atoms. The number of ether oxygens (including phenoxy) is 4. The van der Waals surface area contributed by atoms with E-state index in [2.05, 4.69) is 15.3 Å². The predicted octanol–water partition coefficient (Wildman–Crippen LogP) is -1.71. The zero-order valence-electron chi connectivity index (χ0n) is 14.6. The maximum absolute atomic E-state index is 11.3. The minimum atomic E-state index is -1.35. The van der Waals surface area contributed by atoms with Crippen LogP contribution in [0.4, 0.5) is 0 Å². The monoisotopic (exact) mass is 378 g/mol. The Labute approximate surface area is 150 Å². The standard InChI is InChI=1S/C14H26N4O8/c1-9(20)17-11-13(22)12(21)10(8-19)26-14(11)25-7-6-24-5-4-23-3-2-16-18-15/h10-14,19,21-22H,2-8H2,1H3,(H,17,20)/t10-,11-,12-,13?,14-/m1/s1. The van der Waals surface area contributed by atoms with Gasteiger partial charge in [-0.2, -0.15) is 0 Å². The summed E-state index contributed by atoms with van der Waals surface area (Å²) >= 11 is 0. The van der Waals surface area contributed by atoms with Gasteiger partial charge in [-0.25, -0.2) is 0 Å².